The van der Waals surface area contributed by atoms with Gasteiger partial charge in [0, 0.05) is 5.69 Å². The number of methoxy groups -OCH3 is 2. The van der Waals surface area contributed by atoms with Crippen LogP contribution in [0, 0.1) is 17.4 Å². The molecule has 2 aromatic rings. The summed E-state index contributed by atoms with van der Waals surface area (Å²) in [5.41, 5.74) is 3.02. The number of amides is 3. The van der Waals surface area contributed by atoms with E-state index in [2.05, 4.69) is 10.1 Å². The average molecular weight is 610 g/mol. The van der Waals surface area contributed by atoms with E-state index in [1.165, 1.54) is 14.2 Å². The van der Waals surface area contributed by atoms with Crippen molar-refractivity contribution >= 4 is 69.1 Å². The van der Waals surface area contributed by atoms with Gasteiger partial charge in [-0.3, -0.25) is 19.3 Å². The molecule has 0 aliphatic carbocycles. The number of benzene rings is 2. The molecule has 11 heteroatoms. The Hall–Kier alpha value is -3.06. The van der Waals surface area contributed by atoms with E-state index in [4.69, 9.17) is 9.47 Å². The molecular formula is C24H23IN2O7S. The van der Waals surface area contributed by atoms with E-state index in [-0.39, 0.29) is 11.5 Å². The maximum absolute atomic E-state index is 12.9. The highest BCUT2D eigenvalue weighted by Gasteiger charge is 2.36. The number of carbonyl (C=O) groups is 4. The fourth-order valence-corrected chi connectivity index (χ4v) is 4.89. The maximum Gasteiger partial charge on any atom is 0.343 e. The number of thioether (sulfide) groups is 1. The molecule has 0 atom stereocenters. The van der Waals surface area contributed by atoms with Crippen LogP contribution >= 0.6 is 34.4 Å². The minimum Gasteiger partial charge on any atom is -0.493 e. The van der Waals surface area contributed by atoms with E-state index in [1.807, 2.05) is 54.6 Å². The van der Waals surface area contributed by atoms with Crippen molar-refractivity contribution in [2.24, 2.45) is 0 Å². The van der Waals surface area contributed by atoms with Crippen LogP contribution in [0.1, 0.15) is 16.7 Å². The third kappa shape index (κ3) is 6.34. The van der Waals surface area contributed by atoms with Crippen molar-refractivity contribution in [1.82, 2.24) is 4.90 Å². The van der Waals surface area contributed by atoms with Crippen LogP contribution in [0.15, 0.2) is 35.2 Å². The number of anilines is 1. The Balaban J connectivity index is 1.76. The lowest BCUT2D eigenvalue weighted by Crippen LogP contribution is -2.36. The number of hydrogen-bond donors (Lipinski definition) is 1. The zero-order valence-electron chi connectivity index (χ0n) is 19.5. The first-order chi connectivity index (χ1) is 16.6. The zero-order valence-corrected chi connectivity index (χ0v) is 22.4. The van der Waals surface area contributed by atoms with E-state index in [1.54, 1.807) is 18.2 Å². The highest BCUT2D eigenvalue weighted by Crippen LogP contribution is 2.37. The molecule has 3 amide bonds. The Labute approximate surface area is 220 Å². The predicted octanol–water partition coefficient (Wildman–Crippen LogP) is 4.14. The second-order valence-corrected chi connectivity index (χ2v) is 9.64. The van der Waals surface area contributed by atoms with Gasteiger partial charge in [-0.15, -0.1) is 0 Å². The number of halogens is 1. The van der Waals surface area contributed by atoms with Crippen molar-refractivity contribution in [1.29, 1.82) is 0 Å². The number of esters is 1. The van der Waals surface area contributed by atoms with Crippen molar-refractivity contribution in [2.45, 2.75) is 13.8 Å². The van der Waals surface area contributed by atoms with Crippen LogP contribution in [0.2, 0.25) is 0 Å². The molecule has 1 saturated heterocycles. The van der Waals surface area contributed by atoms with Crippen LogP contribution in [0.5, 0.6) is 11.5 Å². The monoisotopic (exact) mass is 610 g/mol. The van der Waals surface area contributed by atoms with Crippen molar-refractivity contribution in [2.75, 3.05) is 32.7 Å². The lowest BCUT2D eigenvalue weighted by atomic mass is 10.1. The predicted molar refractivity (Wildman–Crippen MR) is 140 cm³/mol. The number of hydrogen-bond acceptors (Lipinski definition) is 8. The van der Waals surface area contributed by atoms with Crippen molar-refractivity contribution in [3.05, 3.63) is 55.5 Å². The minimum absolute atomic E-state index is 0.177. The Morgan fingerprint density at radius 2 is 1.83 bits per heavy atom. The largest absolute Gasteiger partial charge is 0.493 e. The van der Waals surface area contributed by atoms with Crippen LogP contribution in [-0.4, -0.2) is 55.3 Å². The van der Waals surface area contributed by atoms with Crippen molar-refractivity contribution in [3.63, 3.8) is 0 Å². The molecule has 0 bridgehead atoms. The summed E-state index contributed by atoms with van der Waals surface area (Å²) in [7, 11) is 2.71. The van der Waals surface area contributed by atoms with E-state index in [0.717, 1.165) is 27.8 Å². The van der Waals surface area contributed by atoms with E-state index >= 15 is 0 Å². The number of aryl methyl sites for hydroxylation is 2. The summed E-state index contributed by atoms with van der Waals surface area (Å²) in [5, 5.41) is 2.26. The van der Waals surface area contributed by atoms with Crippen LogP contribution in [0.4, 0.5) is 10.5 Å². The lowest BCUT2D eigenvalue weighted by molar-refractivity contribution is -0.143. The number of carbonyl (C=O) groups excluding carboxylic acids is 4. The Kier molecular flexibility index (Phi) is 8.78. The van der Waals surface area contributed by atoms with Crippen molar-refractivity contribution in [3.8, 4) is 11.5 Å². The highest BCUT2D eigenvalue weighted by molar-refractivity contribution is 14.1. The van der Waals surface area contributed by atoms with Gasteiger partial charge < -0.3 is 19.5 Å². The average Bonchev–Trinajstić information content (AvgIpc) is 3.07. The first-order valence-electron chi connectivity index (χ1n) is 10.3. The summed E-state index contributed by atoms with van der Waals surface area (Å²) >= 11 is 2.77. The van der Waals surface area contributed by atoms with E-state index in [0.29, 0.717) is 26.3 Å². The number of nitrogens with zero attached hydrogens (tertiary/aromatic N) is 1. The quantitative estimate of drug-likeness (QED) is 0.270. The summed E-state index contributed by atoms with van der Waals surface area (Å²) in [5.74, 6) is -0.862. The Morgan fingerprint density at radius 3 is 2.46 bits per heavy atom. The molecule has 1 N–H and O–H groups in total. The van der Waals surface area contributed by atoms with Crippen LogP contribution in [0.25, 0.3) is 6.08 Å². The number of rotatable bonds is 8. The van der Waals surface area contributed by atoms with Crippen molar-refractivity contribution < 1.29 is 33.4 Å². The lowest BCUT2D eigenvalue weighted by Gasteiger charge is -2.15. The summed E-state index contributed by atoms with van der Waals surface area (Å²) in [6, 6.07) is 8.96. The van der Waals surface area contributed by atoms with Crippen LogP contribution in [-0.2, 0) is 19.1 Å². The van der Waals surface area contributed by atoms with Gasteiger partial charge in [-0.25, -0.2) is 4.79 Å². The van der Waals surface area contributed by atoms with Crippen LogP contribution < -0.4 is 14.8 Å². The molecule has 0 saturated carbocycles. The number of imide groups is 1. The second kappa shape index (κ2) is 11.6. The first kappa shape index (κ1) is 26.5. The topological polar surface area (TPSA) is 111 Å². The normalized spacial score (nSPS) is 14.3. The molecule has 35 heavy (non-hydrogen) atoms. The molecule has 9 nitrogen and oxygen atoms in total. The molecular weight excluding hydrogens is 587 g/mol. The molecule has 0 aromatic heterocycles. The highest BCUT2D eigenvalue weighted by atomic mass is 127. The molecule has 1 fully saturated rings. The Bertz CT molecular complexity index is 1210. The number of para-hydroxylation sites is 1. The second-order valence-electron chi connectivity index (χ2n) is 7.48. The van der Waals surface area contributed by atoms with E-state index in [9.17, 15) is 19.2 Å². The fourth-order valence-electron chi connectivity index (χ4n) is 3.28. The smallest absolute Gasteiger partial charge is 0.343 e. The molecule has 184 valence electrons. The third-order valence-corrected chi connectivity index (χ3v) is 6.74. The molecule has 2 aromatic carbocycles. The van der Waals surface area contributed by atoms with Gasteiger partial charge in [0.1, 0.15) is 6.54 Å². The molecule has 0 spiro atoms. The Morgan fingerprint density at radius 1 is 1.14 bits per heavy atom. The minimum atomic E-state index is -0.559. The van der Waals surface area contributed by atoms with Gasteiger partial charge in [-0.2, -0.15) is 0 Å². The SMILES string of the molecule is COC(=O)COc1c(I)cc(/C=C2\SC(=O)N(CC(=O)Nc3c(C)cccc3C)C2=O)cc1OC. The van der Waals surface area contributed by atoms with Gasteiger partial charge in [0.2, 0.25) is 5.91 Å². The zero-order chi connectivity index (χ0) is 25.7. The molecule has 1 aliphatic heterocycles. The van der Waals surface area contributed by atoms with Gasteiger partial charge >= 0.3 is 5.97 Å². The van der Waals surface area contributed by atoms with Gasteiger partial charge in [-0.1, -0.05) is 18.2 Å². The van der Waals surface area contributed by atoms with Crippen LogP contribution in [0.3, 0.4) is 0 Å². The summed E-state index contributed by atoms with van der Waals surface area (Å²) in [4.78, 5) is 50.4. The standard InChI is InChI=1S/C24H23IN2O7S/c1-13-6-5-7-14(2)21(13)26-19(28)11-27-23(30)18(35-24(27)31)10-15-8-16(25)22(17(9-15)32-3)34-12-20(29)33-4/h5-10H,11-12H2,1-4H3,(H,26,28)/b18-10-. The van der Waals surface area contributed by atoms with Gasteiger partial charge in [0.15, 0.2) is 18.1 Å². The molecule has 1 aliphatic rings. The molecule has 1 heterocycles. The first-order valence-corrected chi connectivity index (χ1v) is 12.2. The van der Waals surface area contributed by atoms with Gasteiger partial charge in [-0.05, 0) is 83.1 Å². The third-order valence-electron chi connectivity index (χ3n) is 5.03. The molecule has 0 radical (unpaired) electrons. The van der Waals surface area contributed by atoms with Gasteiger partial charge in [0.25, 0.3) is 11.1 Å². The summed E-state index contributed by atoms with van der Waals surface area (Å²) in [6.07, 6.45) is 1.54. The summed E-state index contributed by atoms with van der Waals surface area (Å²) in [6.45, 7) is 3.06. The fraction of sp³-hybridized carbons (Fsp3) is 0.250. The van der Waals surface area contributed by atoms with Gasteiger partial charge in [0.05, 0.1) is 22.7 Å². The number of nitrogens with one attached hydrogen (secondary N) is 1. The molecule has 3 rings (SSSR count). The van der Waals surface area contributed by atoms with E-state index < -0.39 is 29.6 Å². The molecule has 0 unspecified atom stereocenters. The summed E-state index contributed by atoms with van der Waals surface area (Å²) < 4.78 is 16.1. The maximum atomic E-state index is 12.9. The number of ether oxygens (including phenoxy) is 3.